The normalized spacial score (nSPS) is 16.6. The average Bonchev–Trinajstić information content (AvgIpc) is 3.18. The molecule has 0 bridgehead atoms. The maximum Gasteiger partial charge on any atom is 0.238 e. The summed E-state index contributed by atoms with van der Waals surface area (Å²) in [7, 11) is 1.63. The van der Waals surface area contributed by atoms with Gasteiger partial charge in [-0.3, -0.25) is 9.69 Å². The maximum atomic E-state index is 12.7. The zero-order valence-electron chi connectivity index (χ0n) is 15.2. The van der Waals surface area contributed by atoms with Gasteiger partial charge in [0.15, 0.2) is 0 Å². The van der Waals surface area contributed by atoms with Crippen molar-refractivity contribution in [3.8, 4) is 5.75 Å². The molecule has 1 amide bonds. The van der Waals surface area contributed by atoms with Crippen LogP contribution in [0.4, 0.5) is 5.69 Å². The van der Waals surface area contributed by atoms with Crippen molar-refractivity contribution in [2.24, 2.45) is 0 Å². The fourth-order valence-corrected chi connectivity index (χ4v) is 4.53. The molecule has 5 heteroatoms. The van der Waals surface area contributed by atoms with Crippen molar-refractivity contribution in [3.63, 3.8) is 0 Å². The molecular formula is C22H22N2O2S. The molecule has 0 aliphatic carbocycles. The summed E-state index contributed by atoms with van der Waals surface area (Å²) in [5.41, 5.74) is 3.34. The van der Waals surface area contributed by atoms with E-state index in [9.17, 15) is 4.79 Å². The number of ether oxygens (including phenoxy) is 1. The Labute approximate surface area is 163 Å². The Kier molecular flexibility index (Phi) is 5.23. The highest BCUT2D eigenvalue weighted by Crippen LogP contribution is 2.37. The van der Waals surface area contributed by atoms with Crippen molar-refractivity contribution in [2.75, 3.05) is 25.5 Å². The number of nitrogens with one attached hydrogen (secondary N) is 1. The Bertz CT molecular complexity index is 906. The van der Waals surface area contributed by atoms with Crippen molar-refractivity contribution >= 4 is 22.9 Å². The third-order valence-electron chi connectivity index (χ3n) is 4.90. The molecule has 0 saturated heterocycles. The summed E-state index contributed by atoms with van der Waals surface area (Å²) in [5, 5.41) is 5.15. The number of benzene rings is 2. The summed E-state index contributed by atoms with van der Waals surface area (Å²) in [6.45, 7) is 1.24. The molecule has 0 spiro atoms. The number of carbonyl (C=O) groups is 1. The zero-order chi connectivity index (χ0) is 18.6. The number of hydrogen-bond acceptors (Lipinski definition) is 4. The molecule has 0 unspecified atom stereocenters. The van der Waals surface area contributed by atoms with Crippen LogP contribution in [0.3, 0.4) is 0 Å². The van der Waals surface area contributed by atoms with E-state index in [0.29, 0.717) is 6.54 Å². The fraction of sp³-hybridized carbons (Fsp3) is 0.227. The van der Waals surface area contributed by atoms with E-state index in [0.717, 1.165) is 24.4 Å². The highest BCUT2D eigenvalue weighted by molar-refractivity contribution is 7.10. The third-order valence-corrected chi connectivity index (χ3v) is 5.90. The van der Waals surface area contributed by atoms with Crippen LogP contribution in [-0.4, -0.2) is 31.0 Å². The van der Waals surface area contributed by atoms with E-state index >= 15 is 0 Å². The van der Waals surface area contributed by atoms with Crippen molar-refractivity contribution in [1.29, 1.82) is 0 Å². The second-order valence-corrected chi connectivity index (χ2v) is 7.61. The van der Waals surface area contributed by atoms with Crippen molar-refractivity contribution < 1.29 is 9.53 Å². The summed E-state index contributed by atoms with van der Waals surface area (Å²) in [5.74, 6) is 0.776. The van der Waals surface area contributed by atoms with E-state index in [2.05, 4.69) is 45.9 Å². The SMILES string of the molecule is COc1ccc(NC(=O)CN2CCc3sccc3[C@H]2c2ccccc2)cc1. The first-order valence-electron chi connectivity index (χ1n) is 9.04. The van der Waals surface area contributed by atoms with Gasteiger partial charge in [0.1, 0.15) is 5.75 Å². The van der Waals surface area contributed by atoms with Crippen molar-refractivity contribution in [1.82, 2.24) is 4.90 Å². The second-order valence-electron chi connectivity index (χ2n) is 6.61. The Morgan fingerprint density at radius 2 is 1.93 bits per heavy atom. The van der Waals surface area contributed by atoms with Crippen LogP contribution in [-0.2, 0) is 11.2 Å². The number of methoxy groups -OCH3 is 1. The summed E-state index contributed by atoms with van der Waals surface area (Å²) in [4.78, 5) is 16.4. The van der Waals surface area contributed by atoms with Gasteiger partial charge in [-0.25, -0.2) is 0 Å². The highest BCUT2D eigenvalue weighted by atomic mass is 32.1. The topological polar surface area (TPSA) is 41.6 Å². The number of hydrogen-bond donors (Lipinski definition) is 1. The molecule has 1 aliphatic rings. The minimum Gasteiger partial charge on any atom is -0.497 e. The molecule has 1 atom stereocenters. The predicted molar refractivity (Wildman–Crippen MR) is 110 cm³/mol. The van der Waals surface area contributed by atoms with Gasteiger partial charge in [0.05, 0.1) is 19.7 Å². The van der Waals surface area contributed by atoms with Crippen LogP contribution < -0.4 is 10.1 Å². The van der Waals surface area contributed by atoms with E-state index in [1.807, 2.05) is 41.7 Å². The van der Waals surface area contributed by atoms with E-state index < -0.39 is 0 Å². The molecule has 2 heterocycles. The Balaban J connectivity index is 1.52. The van der Waals surface area contributed by atoms with Crippen molar-refractivity contribution in [2.45, 2.75) is 12.5 Å². The van der Waals surface area contributed by atoms with E-state index in [1.165, 1.54) is 16.0 Å². The summed E-state index contributed by atoms with van der Waals surface area (Å²) < 4.78 is 5.16. The molecule has 4 rings (SSSR count). The van der Waals surface area contributed by atoms with Crippen molar-refractivity contribution in [3.05, 3.63) is 82.0 Å². The van der Waals surface area contributed by atoms with Crippen LogP contribution in [0.15, 0.2) is 66.0 Å². The summed E-state index contributed by atoms with van der Waals surface area (Å²) >= 11 is 1.81. The van der Waals surface area contributed by atoms with Gasteiger partial charge in [-0.2, -0.15) is 0 Å². The first-order valence-corrected chi connectivity index (χ1v) is 9.92. The van der Waals surface area contributed by atoms with Crippen LogP contribution in [0, 0.1) is 0 Å². The Morgan fingerprint density at radius 1 is 1.15 bits per heavy atom. The quantitative estimate of drug-likeness (QED) is 0.718. The van der Waals surface area contributed by atoms with Gasteiger partial charge < -0.3 is 10.1 Å². The lowest BCUT2D eigenvalue weighted by atomic mass is 9.93. The molecule has 1 aromatic heterocycles. The molecule has 4 nitrogen and oxygen atoms in total. The monoisotopic (exact) mass is 378 g/mol. The van der Waals surface area contributed by atoms with Gasteiger partial charge in [0.2, 0.25) is 5.91 Å². The van der Waals surface area contributed by atoms with Gasteiger partial charge >= 0.3 is 0 Å². The third kappa shape index (κ3) is 3.89. The second kappa shape index (κ2) is 7.94. The molecule has 27 heavy (non-hydrogen) atoms. The first-order chi connectivity index (χ1) is 13.2. The molecule has 3 aromatic rings. The Hall–Kier alpha value is -2.63. The smallest absolute Gasteiger partial charge is 0.238 e. The lowest BCUT2D eigenvalue weighted by Crippen LogP contribution is -2.40. The van der Waals surface area contributed by atoms with Crippen LogP contribution in [0.1, 0.15) is 22.0 Å². The number of anilines is 1. The molecule has 138 valence electrons. The summed E-state index contributed by atoms with van der Waals surface area (Å²) in [6, 6.07) is 20.2. The van der Waals surface area contributed by atoms with E-state index in [-0.39, 0.29) is 11.9 Å². The minimum atomic E-state index is -0.000206. The molecule has 2 aromatic carbocycles. The van der Waals surface area contributed by atoms with Gasteiger partial charge in [0, 0.05) is 17.1 Å². The average molecular weight is 378 g/mol. The molecule has 0 fully saturated rings. The van der Waals surface area contributed by atoms with E-state index in [1.54, 1.807) is 7.11 Å². The molecular weight excluding hydrogens is 356 g/mol. The van der Waals surface area contributed by atoms with Gasteiger partial charge in [0.25, 0.3) is 0 Å². The lowest BCUT2D eigenvalue weighted by Gasteiger charge is -2.35. The van der Waals surface area contributed by atoms with Gasteiger partial charge in [-0.05, 0) is 53.3 Å². The standard InChI is InChI=1S/C22H22N2O2S/c1-26-18-9-7-17(8-10-18)23-21(25)15-24-13-11-20-19(12-14-27-20)22(24)16-5-3-2-4-6-16/h2-10,12,14,22H,11,13,15H2,1H3,(H,23,25)/t22-/m1/s1. The molecule has 0 saturated carbocycles. The van der Waals surface area contributed by atoms with Crippen LogP contribution in [0.2, 0.25) is 0 Å². The molecule has 1 N–H and O–H groups in total. The number of thiophene rings is 1. The summed E-state index contributed by atoms with van der Waals surface area (Å²) in [6.07, 6.45) is 0.992. The van der Waals surface area contributed by atoms with Crippen LogP contribution >= 0.6 is 11.3 Å². The number of amides is 1. The molecule has 1 aliphatic heterocycles. The zero-order valence-corrected chi connectivity index (χ0v) is 16.0. The van der Waals surface area contributed by atoms with Crippen LogP contribution in [0.25, 0.3) is 0 Å². The number of fused-ring (bicyclic) bond motifs is 1. The predicted octanol–water partition coefficient (Wildman–Crippen LogP) is 4.34. The Morgan fingerprint density at radius 3 is 2.67 bits per heavy atom. The number of carbonyl (C=O) groups excluding carboxylic acids is 1. The maximum absolute atomic E-state index is 12.7. The molecule has 0 radical (unpaired) electrons. The number of rotatable bonds is 5. The fourth-order valence-electron chi connectivity index (χ4n) is 3.62. The highest BCUT2D eigenvalue weighted by Gasteiger charge is 2.30. The number of nitrogens with zero attached hydrogens (tertiary/aromatic N) is 1. The first kappa shape index (κ1) is 17.8. The largest absolute Gasteiger partial charge is 0.497 e. The van der Waals surface area contributed by atoms with Gasteiger partial charge in [-0.15, -0.1) is 11.3 Å². The van der Waals surface area contributed by atoms with Crippen LogP contribution in [0.5, 0.6) is 5.75 Å². The van der Waals surface area contributed by atoms with E-state index in [4.69, 9.17) is 4.74 Å². The van der Waals surface area contributed by atoms with Gasteiger partial charge in [-0.1, -0.05) is 30.3 Å². The lowest BCUT2D eigenvalue weighted by molar-refractivity contribution is -0.117. The minimum absolute atomic E-state index is 0.000206.